The minimum atomic E-state index is -1.24. The summed E-state index contributed by atoms with van der Waals surface area (Å²) in [4.78, 5) is 40.5. The summed E-state index contributed by atoms with van der Waals surface area (Å²) in [5, 5.41) is 12.7. The number of H-pyrrole nitrogens is 1. The van der Waals surface area contributed by atoms with E-state index in [4.69, 9.17) is 9.84 Å². The molecule has 8 heteroatoms. The molecule has 1 aliphatic heterocycles. The van der Waals surface area contributed by atoms with Crippen LogP contribution >= 0.6 is 0 Å². The molecule has 0 radical (unpaired) electrons. The zero-order valence-corrected chi connectivity index (χ0v) is 16.2. The van der Waals surface area contributed by atoms with Gasteiger partial charge in [-0.05, 0) is 30.0 Å². The van der Waals surface area contributed by atoms with Crippen molar-refractivity contribution in [3.8, 4) is 0 Å². The number of aromatic amines is 1. The molecular formula is C20H25N3O5. The standard InChI is InChI=1S/C20H25N3O5/c1-11(2)19-20(27)22-13(10-28-17(26)8-16(24)25)7-12-9-21-14-5-4-6-15(18(12)14)23(19)3/h4-6,9,11,13,19,21H,7-8,10H2,1-3H3,(H,22,27)(H,24,25). The highest BCUT2D eigenvalue weighted by Gasteiger charge is 2.32. The van der Waals surface area contributed by atoms with Gasteiger partial charge in [0, 0.05) is 29.8 Å². The third-order valence-electron chi connectivity index (χ3n) is 5.02. The van der Waals surface area contributed by atoms with E-state index in [1.165, 1.54) is 0 Å². The number of carbonyl (C=O) groups excluding carboxylic acids is 2. The van der Waals surface area contributed by atoms with E-state index in [0.717, 1.165) is 22.2 Å². The van der Waals surface area contributed by atoms with Gasteiger partial charge in [0.25, 0.3) is 0 Å². The summed E-state index contributed by atoms with van der Waals surface area (Å²) in [7, 11) is 1.91. The quantitative estimate of drug-likeness (QED) is 0.532. The molecule has 2 aromatic rings. The van der Waals surface area contributed by atoms with E-state index >= 15 is 0 Å². The first kappa shape index (κ1) is 19.7. The van der Waals surface area contributed by atoms with Gasteiger partial charge in [0.15, 0.2) is 0 Å². The number of aromatic nitrogens is 1. The zero-order chi connectivity index (χ0) is 20.4. The van der Waals surface area contributed by atoms with Gasteiger partial charge in [0.05, 0.1) is 6.04 Å². The Morgan fingerprint density at radius 3 is 2.79 bits per heavy atom. The van der Waals surface area contributed by atoms with Crippen LogP contribution in [0.15, 0.2) is 24.4 Å². The molecule has 0 fully saturated rings. The van der Waals surface area contributed by atoms with Gasteiger partial charge in [-0.2, -0.15) is 0 Å². The number of nitrogens with zero attached hydrogens (tertiary/aromatic N) is 1. The molecule has 1 aromatic carbocycles. The molecule has 3 N–H and O–H groups in total. The van der Waals surface area contributed by atoms with E-state index in [-0.39, 0.29) is 18.4 Å². The molecule has 1 aliphatic rings. The van der Waals surface area contributed by atoms with Crippen LogP contribution < -0.4 is 10.2 Å². The maximum absolute atomic E-state index is 13.0. The van der Waals surface area contributed by atoms with Gasteiger partial charge in [-0.1, -0.05) is 19.9 Å². The molecule has 0 aliphatic carbocycles. The average molecular weight is 387 g/mol. The number of amides is 1. The fraction of sp³-hybridized carbons (Fsp3) is 0.450. The molecule has 2 unspecified atom stereocenters. The summed E-state index contributed by atoms with van der Waals surface area (Å²) in [6.45, 7) is 3.89. The minimum absolute atomic E-state index is 0.0518. The number of hydrogen-bond donors (Lipinski definition) is 3. The van der Waals surface area contributed by atoms with Gasteiger partial charge in [-0.25, -0.2) is 0 Å². The summed E-state index contributed by atoms with van der Waals surface area (Å²) < 4.78 is 5.10. The predicted molar refractivity (Wildman–Crippen MR) is 104 cm³/mol. The number of ether oxygens (including phenoxy) is 1. The fourth-order valence-electron chi connectivity index (χ4n) is 3.84. The molecule has 0 saturated carbocycles. The molecular weight excluding hydrogens is 362 g/mol. The summed E-state index contributed by atoms with van der Waals surface area (Å²) in [6.07, 6.45) is 1.66. The normalized spacial score (nSPS) is 19.7. The Balaban J connectivity index is 1.95. The second-order valence-corrected chi connectivity index (χ2v) is 7.48. The van der Waals surface area contributed by atoms with Crippen molar-refractivity contribution in [2.24, 2.45) is 5.92 Å². The Labute approximate surface area is 162 Å². The molecule has 0 spiro atoms. The van der Waals surface area contributed by atoms with E-state index < -0.39 is 30.4 Å². The predicted octanol–water partition coefficient (Wildman–Crippen LogP) is 1.69. The number of esters is 1. The van der Waals surface area contributed by atoms with E-state index in [1.54, 1.807) is 0 Å². The van der Waals surface area contributed by atoms with Gasteiger partial charge >= 0.3 is 11.9 Å². The molecule has 3 rings (SSSR count). The van der Waals surface area contributed by atoms with Crippen LogP contribution in [0.4, 0.5) is 5.69 Å². The van der Waals surface area contributed by atoms with Crippen LogP contribution in [0.25, 0.3) is 10.9 Å². The summed E-state index contributed by atoms with van der Waals surface area (Å²) in [6, 6.07) is 5.08. The van der Waals surface area contributed by atoms with Crippen LogP contribution in [0.3, 0.4) is 0 Å². The lowest BCUT2D eigenvalue weighted by atomic mass is 10.0. The number of carboxylic acid groups (broad SMARTS) is 1. The zero-order valence-electron chi connectivity index (χ0n) is 16.2. The Kier molecular flexibility index (Phi) is 5.58. The minimum Gasteiger partial charge on any atom is -0.481 e. The van der Waals surface area contributed by atoms with Crippen molar-refractivity contribution >= 4 is 34.4 Å². The molecule has 0 bridgehead atoms. The lowest BCUT2D eigenvalue weighted by molar-refractivity contribution is -0.152. The summed E-state index contributed by atoms with van der Waals surface area (Å²) in [5.74, 6) is -2.16. The largest absolute Gasteiger partial charge is 0.481 e. The first-order valence-corrected chi connectivity index (χ1v) is 9.27. The van der Waals surface area contributed by atoms with Gasteiger partial charge in [-0.15, -0.1) is 0 Å². The molecule has 8 nitrogen and oxygen atoms in total. The van der Waals surface area contributed by atoms with E-state index in [1.807, 2.05) is 50.2 Å². The number of rotatable bonds is 5. The average Bonchev–Trinajstić information content (AvgIpc) is 3.02. The number of aliphatic carboxylic acids is 1. The molecule has 150 valence electrons. The Morgan fingerprint density at radius 2 is 2.11 bits per heavy atom. The first-order valence-electron chi connectivity index (χ1n) is 9.27. The summed E-state index contributed by atoms with van der Waals surface area (Å²) >= 11 is 0. The monoisotopic (exact) mass is 387 g/mol. The topological polar surface area (TPSA) is 112 Å². The van der Waals surface area contributed by atoms with Crippen molar-refractivity contribution in [1.29, 1.82) is 0 Å². The number of nitrogens with one attached hydrogen (secondary N) is 2. The van der Waals surface area contributed by atoms with Crippen LogP contribution in [0.2, 0.25) is 0 Å². The second-order valence-electron chi connectivity index (χ2n) is 7.48. The number of hydrogen-bond acceptors (Lipinski definition) is 5. The van der Waals surface area contributed by atoms with Gasteiger partial charge in [-0.3, -0.25) is 14.4 Å². The third-order valence-corrected chi connectivity index (χ3v) is 5.02. The Hall–Kier alpha value is -3.03. The Bertz CT molecular complexity index is 904. The van der Waals surface area contributed by atoms with Crippen molar-refractivity contribution in [2.45, 2.75) is 38.8 Å². The number of carbonyl (C=O) groups is 3. The second kappa shape index (κ2) is 7.92. The molecule has 2 heterocycles. The van der Waals surface area contributed by atoms with Gasteiger partial charge in [0.2, 0.25) is 5.91 Å². The van der Waals surface area contributed by atoms with Crippen LogP contribution in [0, 0.1) is 5.92 Å². The Morgan fingerprint density at radius 1 is 1.36 bits per heavy atom. The van der Waals surface area contributed by atoms with Gasteiger partial charge in [0.1, 0.15) is 19.1 Å². The number of anilines is 1. The van der Waals surface area contributed by atoms with Crippen molar-refractivity contribution in [3.63, 3.8) is 0 Å². The lowest BCUT2D eigenvalue weighted by Crippen LogP contribution is -2.52. The summed E-state index contributed by atoms with van der Waals surface area (Å²) in [5.41, 5.74) is 2.94. The van der Waals surface area contributed by atoms with Crippen molar-refractivity contribution in [2.75, 3.05) is 18.6 Å². The van der Waals surface area contributed by atoms with Crippen molar-refractivity contribution in [1.82, 2.24) is 10.3 Å². The molecule has 0 saturated heterocycles. The van der Waals surface area contributed by atoms with Crippen LogP contribution in [0.1, 0.15) is 25.8 Å². The number of carboxylic acids is 1. The third kappa shape index (κ3) is 3.95. The SMILES string of the molecule is CC(C)C1C(=O)NC(COC(=O)CC(=O)O)Cc2c[nH]c3cccc(c23)N1C. The van der Waals surface area contributed by atoms with Crippen LogP contribution in [-0.4, -0.2) is 53.7 Å². The molecule has 1 amide bonds. The van der Waals surface area contributed by atoms with E-state index in [2.05, 4.69) is 10.3 Å². The maximum Gasteiger partial charge on any atom is 0.317 e. The highest BCUT2D eigenvalue weighted by molar-refractivity contribution is 5.98. The van der Waals surface area contributed by atoms with Crippen molar-refractivity contribution in [3.05, 3.63) is 30.0 Å². The van der Waals surface area contributed by atoms with Crippen LogP contribution in [0.5, 0.6) is 0 Å². The highest BCUT2D eigenvalue weighted by atomic mass is 16.5. The van der Waals surface area contributed by atoms with Crippen molar-refractivity contribution < 1.29 is 24.2 Å². The van der Waals surface area contributed by atoms with Gasteiger partial charge < -0.3 is 25.0 Å². The first-order chi connectivity index (χ1) is 13.3. The number of benzene rings is 1. The van der Waals surface area contributed by atoms with Crippen LogP contribution in [-0.2, 0) is 25.5 Å². The molecule has 28 heavy (non-hydrogen) atoms. The smallest absolute Gasteiger partial charge is 0.317 e. The van der Waals surface area contributed by atoms with E-state index in [0.29, 0.717) is 6.42 Å². The molecule has 1 aromatic heterocycles. The lowest BCUT2D eigenvalue weighted by Gasteiger charge is -2.32. The fourth-order valence-corrected chi connectivity index (χ4v) is 3.84. The maximum atomic E-state index is 13.0. The highest BCUT2D eigenvalue weighted by Crippen LogP contribution is 2.33. The molecule has 2 atom stereocenters. The number of likely N-dealkylation sites (N-methyl/N-ethyl adjacent to an activating group) is 1. The van der Waals surface area contributed by atoms with E-state index in [9.17, 15) is 14.4 Å².